The summed E-state index contributed by atoms with van der Waals surface area (Å²) in [5.41, 5.74) is -0.272. The summed E-state index contributed by atoms with van der Waals surface area (Å²) in [6.07, 6.45) is 2.05. The zero-order chi connectivity index (χ0) is 16.1. The predicted molar refractivity (Wildman–Crippen MR) is 86.3 cm³/mol. The van der Waals surface area contributed by atoms with Crippen LogP contribution in [0.4, 0.5) is 11.5 Å². The number of halogens is 1. The van der Waals surface area contributed by atoms with Crippen LogP contribution in [0.5, 0.6) is 11.6 Å². The maximum Gasteiger partial charge on any atom is 0.373 e. The third-order valence-corrected chi connectivity index (χ3v) is 3.52. The third kappa shape index (κ3) is 3.91. The van der Waals surface area contributed by atoms with Crippen molar-refractivity contribution in [2.45, 2.75) is 26.3 Å². The molecule has 0 aliphatic rings. The molecule has 0 saturated carbocycles. The molecule has 1 unspecified atom stereocenters. The molecule has 2 aromatic rings. The van der Waals surface area contributed by atoms with E-state index < -0.39 is 4.92 Å². The van der Waals surface area contributed by atoms with Crippen LogP contribution >= 0.6 is 15.9 Å². The molecule has 1 aromatic carbocycles. The molecule has 0 radical (unpaired) electrons. The largest absolute Gasteiger partial charge is 0.434 e. The second-order valence-corrected chi connectivity index (χ2v) is 5.56. The van der Waals surface area contributed by atoms with Crippen molar-refractivity contribution >= 4 is 27.4 Å². The number of benzene rings is 1. The molecule has 8 heteroatoms. The quantitative estimate of drug-likeness (QED) is 0.609. The minimum Gasteiger partial charge on any atom is -0.434 e. The molecular formula is C14H15BrN4O3. The Kier molecular flexibility index (Phi) is 5.26. The highest BCUT2D eigenvalue weighted by Crippen LogP contribution is 2.34. The molecule has 2 rings (SSSR count). The zero-order valence-electron chi connectivity index (χ0n) is 12.1. The Bertz CT molecular complexity index is 664. The third-order valence-electron chi connectivity index (χ3n) is 2.99. The van der Waals surface area contributed by atoms with Gasteiger partial charge in [-0.05, 0) is 37.6 Å². The molecule has 1 atom stereocenters. The van der Waals surface area contributed by atoms with Crippen LogP contribution in [0, 0.1) is 10.1 Å². The number of nitro groups is 1. The summed E-state index contributed by atoms with van der Waals surface area (Å²) in [6.45, 7) is 3.89. The molecule has 0 saturated heterocycles. The van der Waals surface area contributed by atoms with Crippen molar-refractivity contribution < 1.29 is 9.66 Å². The standard InChI is InChI=1S/C14H15BrN4O3/c1-3-9(2)18-13-12(19(20)21)14(17-8-16-13)22-11-6-4-10(15)5-7-11/h4-9H,3H2,1-2H3,(H,16,17,18). The van der Waals surface area contributed by atoms with Crippen LogP contribution in [0.15, 0.2) is 35.1 Å². The van der Waals surface area contributed by atoms with Crippen molar-refractivity contribution in [2.24, 2.45) is 0 Å². The molecule has 0 spiro atoms. The van der Waals surface area contributed by atoms with Crippen LogP contribution < -0.4 is 10.1 Å². The van der Waals surface area contributed by atoms with Crippen LogP contribution in [0.2, 0.25) is 0 Å². The van der Waals surface area contributed by atoms with Crippen LogP contribution in [0.1, 0.15) is 20.3 Å². The lowest BCUT2D eigenvalue weighted by Crippen LogP contribution is -2.16. The monoisotopic (exact) mass is 366 g/mol. The van der Waals surface area contributed by atoms with Crippen molar-refractivity contribution in [1.29, 1.82) is 0 Å². The van der Waals surface area contributed by atoms with Crippen molar-refractivity contribution in [3.8, 4) is 11.6 Å². The Labute approximate surface area is 136 Å². The second-order valence-electron chi connectivity index (χ2n) is 4.64. The van der Waals surface area contributed by atoms with Crippen LogP contribution in [0.25, 0.3) is 0 Å². The maximum absolute atomic E-state index is 11.4. The molecule has 0 bridgehead atoms. The summed E-state index contributed by atoms with van der Waals surface area (Å²) in [7, 11) is 0. The molecule has 22 heavy (non-hydrogen) atoms. The number of anilines is 1. The molecule has 1 aromatic heterocycles. The summed E-state index contributed by atoms with van der Waals surface area (Å²) in [5, 5.41) is 14.4. The summed E-state index contributed by atoms with van der Waals surface area (Å²) >= 11 is 3.32. The van der Waals surface area contributed by atoms with Gasteiger partial charge in [0.2, 0.25) is 5.82 Å². The van der Waals surface area contributed by atoms with E-state index in [2.05, 4.69) is 31.2 Å². The van der Waals surface area contributed by atoms with Gasteiger partial charge in [-0.2, -0.15) is 4.98 Å². The number of aromatic nitrogens is 2. The Morgan fingerprint density at radius 2 is 2.05 bits per heavy atom. The van der Waals surface area contributed by atoms with E-state index >= 15 is 0 Å². The first kappa shape index (κ1) is 16.2. The zero-order valence-corrected chi connectivity index (χ0v) is 13.7. The highest BCUT2D eigenvalue weighted by atomic mass is 79.9. The average Bonchev–Trinajstić information content (AvgIpc) is 2.49. The van der Waals surface area contributed by atoms with Gasteiger partial charge in [0, 0.05) is 10.5 Å². The van der Waals surface area contributed by atoms with Gasteiger partial charge < -0.3 is 10.1 Å². The summed E-state index contributed by atoms with van der Waals surface area (Å²) in [6, 6.07) is 6.99. The average molecular weight is 367 g/mol. The molecule has 116 valence electrons. The number of nitrogens with one attached hydrogen (secondary N) is 1. The lowest BCUT2D eigenvalue weighted by Gasteiger charge is -2.13. The van der Waals surface area contributed by atoms with E-state index in [1.165, 1.54) is 6.33 Å². The number of hydrogen-bond acceptors (Lipinski definition) is 6. The van der Waals surface area contributed by atoms with Crippen molar-refractivity contribution in [1.82, 2.24) is 9.97 Å². The fourth-order valence-electron chi connectivity index (χ4n) is 1.66. The Morgan fingerprint density at radius 3 is 2.64 bits per heavy atom. The van der Waals surface area contributed by atoms with Crippen LogP contribution in [-0.2, 0) is 0 Å². The molecule has 0 fully saturated rings. The molecule has 0 aliphatic carbocycles. The Morgan fingerprint density at radius 1 is 1.36 bits per heavy atom. The van der Waals surface area contributed by atoms with Gasteiger partial charge in [-0.1, -0.05) is 22.9 Å². The van der Waals surface area contributed by atoms with Crippen LogP contribution in [-0.4, -0.2) is 20.9 Å². The fraction of sp³-hybridized carbons (Fsp3) is 0.286. The molecule has 0 aliphatic heterocycles. The van der Waals surface area contributed by atoms with Gasteiger partial charge in [0.05, 0.1) is 4.92 Å². The van der Waals surface area contributed by atoms with Gasteiger partial charge in [0.25, 0.3) is 0 Å². The van der Waals surface area contributed by atoms with Gasteiger partial charge in [-0.25, -0.2) is 4.98 Å². The summed E-state index contributed by atoms with van der Waals surface area (Å²) in [4.78, 5) is 18.6. The van der Waals surface area contributed by atoms with Crippen molar-refractivity contribution in [3.63, 3.8) is 0 Å². The Balaban J connectivity index is 2.36. The van der Waals surface area contributed by atoms with Gasteiger partial charge in [-0.15, -0.1) is 0 Å². The topological polar surface area (TPSA) is 90.2 Å². The van der Waals surface area contributed by atoms with Crippen LogP contribution in [0.3, 0.4) is 0 Å². The van der Waals surface area contributed by atoms with E-state index in [1.807, 2.05) is 13.8 Å². The summed E-state index contributed by atoms with van der Waals surface area (Å²) in [5.74, 6) is 0.522. The van der Waals surface area contributed by atoms with E-state index in [1.54, 1.807) is 24.3 Å². The highest BCUT2D eigenvalue weighted by molar-refractivity contribution is 9.10. The van der Waals surface area contributed by atoms with E-state index in [4.69, 9.17) is 4.74 Å². The lowest BCUT2D eigenvalue weighted by atomic mass is 10.2. The predicted octanol–water partition coefficient (Wildman–Crippen LogP) is 4.15. The van der Waals surface area contributed by atoms with E-state index in [-0.39, 0.29) is 23.4 Å². The fourth-order valence-corrected chi connectivity index (χ4v) is 1.92. The minimum atomic E-state index is -0.543. The van der Waals surface area contributed by atoms with Gasteiger partial charge in [-0.3, -0.25) is 10.1 Å². The highest BCUT2D eigenvalue weighted by Gasteiger charge is 2.25. The molecular weight excluding hydrogens is 352 g/mol. The first-order chi connectivity index (χ1) is 10.5. The van der Waals surface area contributed by atoms with Gasteiger partial charge >= 0.3 is 11.6 Å². The number of nitrogens with zero attached hydrogens (tertiary/aromatic N) is 3. The summed E-state index contributed by atoms with van der Waals surface area (Å²) < 4.78 is 6.41. The van der Waals surface area contributed by atoms with E-state index in [0.717, 1.165) is 10.9 Å². The Hall–Kier alpha value is -2.22. The smallest absolute Gasteiger partial charge is 0.373 e. The van der Waals surface area contributed by atoms with Crippen molar-refractivity contribution in [3.05, 3.63) is 45.2 Å². The first-order valence-electron chi connectivity index (χ1n) is 6.70. The molecule has 1 N–H and O–H groups in total. The molecule has 7 nitrogen and oxygen atoms in total. The first-order valence-corrected chi connectivity index (χ1v) is 7.50. The van der Waals surface area contributed by atoms with Crippen molar-refractivity contribution in [2.75, 3.05) is 5.32 Å². The van der Waals surface area contributed by atoms with Gasteiger partial charge in [0.15, 0.2) is 0 Å². The normalized spacial score (nSPS) is 11.8. The molecule has 1 heterocycles. The minimum absolute atomic E-state index is 0.0501. The number of ether oxygens (including phenoxy) is 1. The number of hydrogen-bond donors (Lipinski definition) is 1. The van der Waals surface area contributed by atoms with E-state index in [0.29, 0.717) is 5.75 Å². The lowest BCUT2D eigenvalue weighted by molar-refractivity contribution is -0.385. The SMILES string of the molecule is CCC(C)Nc1ncnc(Oc2ccc(Br)cc2)c1[N+](=O)[O-]. The van der Waals surface area contributed by atoms with Gasteiger partial charge in [0.1, 0.15) is 12.1 Å². The maximum atomic E-state index is 11.4. The van der Waals surface area contributed by atoms with E-state index in [9.17, 15) is 10.1 Å². The number of rotatable bonds is 6. The molecule has 0 amide bonds. The second kappa shape index (κ2) is 7.17.